The minimum atomic E-state index is -0.985. The number of para-hydroxylation sites is 1. The van der Waals surface area contributed by atoms with E-state index in [9.17, 15) is 5.11 Å². The van der Waals surface area contributed by atoms with E-state index in [4.69, 9.17) is 9.72 Å². The molecule has 1 saturated carbocycles. The number of halogens is 1. The maximum atomic E-state index is 12.0. The zero-order chi connectivity index (χ0) is 22.4. The van der Waals surface area contributed by atoms with E-state index in [2.05, 4.69) is 14.1 Å². The summed E-state index contributed by atoms with van der Waals surface area (Å²) in [6.45, 7) is 2.64. The number of ether oxygens (including phenoxy) is 1. The van der Waals surface area contributed by atoms with Gasteiger partial charge in [0.2, 0.25) is 0 Å². The minimum absolute atomic E-state index is 0. The molecule has 1 aliphatic carbocycles. The van der Waals surface area contributed by atoms with Crippen LogP contribution in [0.5, 0.6) is 5.75 Å². The van der Waals surface area contributed by atoms with Gasteiger partial charge in [-0.15, -0.1) is 11.3 Å². The molecule has 0 radical (unpaired) electrons. The molecule has 33 heavy (non-hydrogen) atoms. The van der Waals surface area contributed by atoms with E-state index in [0.717, 1.165) is 59.8 Å². The first-order valence-electron chi connectivity index (χ1n) is 11.7. The number of hydrogen-bond donors (Lipinski definition) is 1. The molecule has 2 aromatic carbocycles. The lowest BCUT2D eigenvalue weighted by molar-refractivity contribution is -0.903. The fourth-order valence-corrected chi connectivity index (χ4v) is 6.14. The predicted molar refractivity (Wildman–Crippen MR) is 131 cm³/mol. The molecule has 1 fully saturated rings. The number of quaternary nitrogens is 1. The summed E-state index contributed by atoms with van der Waals surface area (Å²) in [6.07, 6.45) is 7.46. The second-order valence-electron chi connectivity index (χ2n) is 9.58. The zero-order valence-corrected chi connectivity index (χ0v) is 22.0. The molecule has 4 nitrogen and oxygen atoms in total. The third-order valence-electron chi connectivity index (χ3n) is 6.54. The fourth-order valence-electron chi connectivity index (χ4n) is 4.83. The third kappa shape index (κ3) is 6.44. The molecular weight excluding hydrogens is 496 g/mol. The van der Waals surface area contributed by atoms with Crippen molar-refractivity contribution in [2.24, 2.45) is 5.92 Å². The van der Waals surface area contributed by atoms with Gasteiger partial charge in [0, 0.05) is 12.6 Å². The van der Waals surface area contributed by atoms with Gasteiger partial charge in [-0.2, -0.15) is 0 Å². The number of nitrogens with zero attached hydrogens (tertiary/aromatic N) is 2. The van der Waals surface area contributed by atoms with Crippen LogP contribution in [0, 0.1) is 5.92 Å². The van der Waals surface area contributed by atoms with Gasteiger partial charge >= 0.3 is 0 Å². The summed E-state index contributed by atoms with van der Waals surface area (Å²) in [5.41, 5.74) is -0.0129. The predicted octanol–water partition coefficient (Wildman–Crippen LogP) is 2.62. The molecule has 1 heterocycles. The second kappa shape index (κ2) is 11.6. The first-order valence-corrected chi connectivity index (χ1v) is 12.5. The first-order chi connectivity index (χ1) is 15.5. The van der Waals surface area contributed by atoms with Crippen LogP contribution in [-0.2, 0) is 12.1 Å². The van der Waals surface area contributed by atoms with Crippen LogP contribution in [0.1, 0.15) is 47.6 Å². The van der Waals surface area contributed by atoms with E-state index in [1.54, 1.807) is 11.3 Å². The lowest BCUT2D eigenvalue weighted by atomic mass is 9.80. The Hall–Kier alpha value is -1.73. The molecule has 6 heteroatoms. The molecule has 1 N–H and O–H groups in total. The molecule has 0 amide bonds. The topological polar surface area (TPSA) is 42.4 Å². The Labute approximate surface area is 212 Å². The summed E-state index contributed by atoms with van der Waals surface area (Å²) >= 11 is 1.68. The highest BCUT2D eigenvalue weighted by Gasteiger charge is 2.44. The Morgan fingerprint density at radius 2 is 1.67 bits per heavy atom. The van der Waals surface area contributed by atoms with Gasteiger partial charge < -0.3 is 31.3 Å². The van der Waals surface area contributed by atoms with E-state index in [1.165, 1.54) is 17.7 Å². The summed E-state index contributed by atoms with van der Waals surface area (Å²) in [4.78, 5) is 5.99. The van der Waals surface area contributed by atoms with Crippen molar-refractivity contribution >= 4 is 11.3 Å². The van der Waals surface area contributed by atoms with E-state index in [0.29, 0.717) is 0 Å². The minimum Gasteiger partial charge on any atom is -1.00 e. The van der Waals surface area contributed by atoms with Crippen LogP contribution in [-0.4, -0.2) is 41.8 Å². The van der Waals surface area contributed by atoms with E-state index in [1.807, 2.05) is 66.9 Å². The lowest BCUT2D eigenvalue weighted by Crippen LogP contribution is -3.00. The molecule has 1 unspecified atom stereocenters. The first kappa shape index (κ1) is 25.9. The Bertz CT molecular complexity index is 974. The quantitative estimate of drug-likeness (QED) is 0.323. The maximum absolute atomic E-state index is 12.0. The second-order valence-corrected chi connectivity index (χ2v) is 10.7. The molecule has 3 aromatic rings. The van der Waals surface area contributed by atoms with E-state index in [-0.39, 0.29) is 22.9 Å². The number of hydrogen-bond acceptors (Lipinski definition) is 4. The molecule has 178 valence electrons. The van der Waals surface area contributed by atoms with Crippen molar-refractivity contribution in [1.29, 1.82) is 0 Å². The van der Waals surface area contributed by atoms with Crippen LogP contribution in [0.4, 0.5) is 0 Å². The van der Waals surface area contributed by atoms with Gasteiger partial charge in [0.05, 0.1) is 32.1 Å². The van der Waals surface area contributed by atoms with Gasteiger partial charge in [-0.05, 0) is 36.5 Å². The van der Waals surface area contributed by atoms with Gasteiger partial charge in [0.25, 0.3) is 0 Å². The van der Waals surface area contributed by atoms with Crippen molar-refractivity contribution in [2.45, 2.75) is 44.2 Å². The number of aromatic nitrogens is 1. The van der Waals surface area contributed by atoms with E-state index >= 15 is 0 Å². The summed E-state index contributed by atoms with van der Waals surface area (Å²) < 4.78 is 6.72. The summed E-state index contributed by atoms with van der Waals surface area (Å²) in [5.74, 6) is 1.17. The summed E-state index contributed by atoms with van der Waals surface area (Å²) in [7, 11) is 4.50. The molecule has 4 rings (SSSR count). The summed E-state index contributed by atoms with van der Waals surface area (Å²) in [5, 5.41) is 12.8. The standard InChI is InChI=1S/C27H35N2O2S.BrH/c1-29(2,18-11-19-31-24-16-7-4-8-17-24)21-25-20-28-26(32-25)27(30,23-14-9-10-15-23)22-12-5-3-6-13-22;/h3-8,12-13,16-17,20,23,30H,9-11,14-15,18-19,21H2,1-2H3;1H/q+1;/p-1. The smallest absolute Gasteiger partial charge is 0.144 e. The van der Waals surface area contributed by atoms with Gasteiger partial charge in [0.1, 0.15) is 22.9 Å². The normalized spacial score (nSPS) is 16.2. The van der Waals surface area contributed by atoms with Crippen molar-refractivity contribution in [3.8, 4) is 5.75 Å². The monoisotopic (exact) mass is 530 g/mol. The maximum Gasteiger partial charge on any atom is 0.144 e. The molecular formula is C27H35BrN2O2S. The lowest BCUT2D eigenvalue weighted by Gasteiger charge is -2.33. The van der Waals surface area contributed by atoms with Crippen LogP contribution in [0.15, 0.2) is 66.9 Å². The van der Waals surface area contributed by atoms with Crippen LogP contribution in [0.25, 0.3) is 0 Å². The SMILES string of the molecule is C[N+](C)(CCCOc1ccccc1)Cc1cnc(C(O)(c2ccccc2)C2CCCC2)s1.[Br-]. The zero-order valence-electron chi connectivity index (χ0n) is 19.6. The molecule has 0 saturated heterocycles. The van der Waals surface area contributed by atoms with Crippen LogP contribution in [0.2, 0.25) is 0 Å². The van der Waals surface area contributed by atoms with E-state index < -0.39 is 5.60 Å². The molecule has 1 aliphatic rings. The molecule has 0 aliphatic heterocycles. The van der Waals surface area contributed by atoms with Crippen LogP contribution in [0.3, 0.4) is 0 Å². The van der Waals surface area contributed by atoms with Gasteiger partial charge in [-0.3, -0.25) is 0 Å². The average molecular weight is 532 g/mol. The average Bonchev–Trinajstić information content (AvgIpc) is 3.50. The molecule has 1 atom stereocenters. The van der Waals surface area contributed by atoms with Crippen molar-refractivity contribution in [1.82, 2.24) is 4.98 Å². The number of aliphatic hydroxyl groups is 1. The van der Waals surface area contributed by atoms with Gasteiger partial charge in [0.15, 0.2) is 0 Å². The Kier molecular flexibility index (Phi) is 9.10. The van der Waals surface area contributed by atoms with Gasteiger partial charge in [-0.1, -0.05) is 61.4 Å². The highest BCUT2D eigenvalue weighted by atomic mass is 79.9. The number of rotatable bonds is 10. The number of benzene rings is 2. The molecule has 0 bridgehead atoms. The highest BCUT2D eigenvalue weighted by molar-refractivity contribution is 7.11. The Morgan fingerprint density at radius 1 is 1.03 bits per heavy atom. The third-order valence-corrected chi connectivity index (χ3v) is 7.65. The molecule has 1 aromatic heterocycles. The van der Waals surface area contributed by atoms with Crippen molar-refractivity contribution in [3.05, 3.63) is 82.3 Å². The van der Waals surface area contributed by atoms with Crippen molar-refractivity contribution < 1.29 is 31.3 Å². The van der Waals surface area contributed by atoms with Crippen LogP contribution >= 0.6 is 11.3 Å². The highest BCUT2D eigenvalue weighted by Crippen LogP contribution is 2.46. The Morgan fingerprint density at radius 3 is 2.33 bits per heavy atom. The largest absolute Gasteiger partial charge is 1.00 e. The van der Waals surface area contributed by atoms with Crippen molar-refractivity contribution in [2.75, 3.05) is 27.2 Å². The van der Waals surface area contributed by atoms with Gasteiger partial charge in [-0.25, -0.2) is 4.98 Å². The number of thiazole rings is 1. The molecule has 0 spiro atoms. The Balaban J connectivity index is 0.00000306. The summed E-state index contributed by atoms with van der Waals surface area (Å²) in [6, 6.07) is 20.1. The van der Waals surface area contributed by atoms with Crippen molar-refractivity contribution in [3.63, 3.8) is 0 Å². The van der Waals surface area contributed by atoms with Crippen LogP contribution < -0.4 is 21.7 Å². The fraction of sp³-hybridized carbons (Fsp3) is 0.444.